The van der Waals surface area contributed by atoms with Crippen LogP contribution in [0.5, 0.6) is 0 Å². The lowest BCUT2D eigenvalue weighted by atomic mass is 10.0. The van der Waals surface area contributed by atoms with Crippen molar-refractivity contribution in [2.45, 2.75) is 13.8 Å². The molecule has 0 aliphatic carbocycles. The maximum absolute atomic E-state index is 6.42. The largest absolute Gasteiger partial charge is 0.367 e. The summed E-state index contributed by atoms with van der Waals surface area (Å²) in [6, 6.07) is 4.36. The number of nitrogens with zero attached hydrogens (tertiary/aromatic N) is 2. The number of halogens is 1. The van der Waals surface area contributed by atoms with Crippen molar-refractivity contribution < 1.29 is 0 Å². The molecular formula is C15H18ClN3. The number of benzene rings is 1. The van der Waals surface area contributed by atoms with Crippen LogP contribution in [0.25, 0.3) is 10.9 Å². The van der Waals surface area contributed by atoms with Crippen molar-refractivity contribution in [1.29, 1.82) is 0 Å². The zero-order valence-electron chi connectivity index (χ0n) is 11.3. The van der Waals surface area contributed by atoms with Gasteiger partial charge in [0.05, 0.1) is 16.2 Å². The fourth-order valence-corrected chi connectivity index (χ4v) is 3.10. The van der Waals surface area contributed by atoms with Crippen LogP contribution < -0.4 is 10.2 Å². The molecule has 100 valence electrons. The van der Waals surface area contributed by atoms with E-state index in [1.165, 1.54) is 16.5 Å². The Morgan fingerprint density at radius 3 is 2.68 bits per heavy atom. The van der Waals surface area contributed by atoms with Gasteiger partial charge in [0.25, 0.3) is 0 Å². The molecule has 3 rings (SSSR count). The molecule has 0 bridgehead atoms. The average Bonchev–Trinajstić information content (AvgIpc) is 2.39. The molecule has 0 amide bonds. The number of hydrogen-bond acceptors (Lipinski definition) is 3. The van der Waals surface area contributed by atoms with Crippen LogP contribution in [0.4, 0.5) is 5.69 Å². The summed E-state index contributed by atoms with van der Waals surface area (Å²) in [6.45, 7) is 8.22. The van der Waals surface area contributed by atoms with E-state index in [0.29, 0.717) is 0 Å². The number of aromatic nitrogens is 1. The molecule has 1 saturated heterocycles. The second-order valence-electron chi connectivity index (χ2n) is 5.17. The van der Waals surface area contributed by atoms with Crippen molar-refractivity contribution in [3.63, 3.8) is 0 Å². The van der Waals surface area contributed by atoms with E-state index in [-0.39, 0.29) is 0 Å². The van der Waals surface area contributed by atoms with Gasteiger partial charge in [-0.3, -0.25) is 4.98 Å². The number of aryl methyl sites for hydroxylation is 2. The monoisotopic (exact) mass is 275 g/mol. The highest BCUT2D eigenvalue weighted by atomic mass is 35.5. The molecule has 1 aliphatic heterocycles. The van der Waals surface area contributed by atoms with Gasteiger partial charge in [-0.2, -0.15) is 0 Å². The Kier molecular flexibility index (Phi) is 3.33. The van der Waals surface area contributed by atoms with Crippen molar-refractivity contribution in [3.8, 4) is 0 Å². The fourth-order valence-electron chi connectivity index (χ4n) is 2.83. The predicted molar refractivity (Wildman–Crippen MR) is 81.3 cm³/mol. The number of piperazine rings is 1. The first-order valence-electron chi connectivity index (χ1n) is 6.68. The standard InChI is InChI=1S/C15H18ClN3/c1-10-7-11(2)14-12(8-10)15(13(16)9-18-14)19-5-3-17-4-6-19/h7-9,17H,3-6H2,1-2H3. The van der Waals surface area contributed by atoms with E-state index in [0.717, 1.165) is 42.4 Å². The minimum atomic E-state index is 0.749. The van der Waals surface area contributed by atoms with E-state index in [2.05, 4.69) is 41.2 Å². The normalized spacial score (nSPS) is 16.1. The van der Waals surface area contributed by atoms with Crippen molar-refractivity contribution in [1.82, 2.24) is 10.3 Å². The number of anilines is 1. The molecule has 1 aromatic carbocycles. The van der Waals surface area contributed by atoms with Gasteiger partial charge in [-0.1, -0.05) is 23.2 Å². The van der Waals surface area contributed by atoms with Crippen LogP contribution in [0.2, 0.25) is 5.02 Å². The third kappa shape index (κ3) is 2.28. The summed E-state index contributed by atoms with van der Waals surface area (Å²) in [5.41, 5.74) is 4.66. The van der Waals surface area contributed by atoms with Crippen LogP contribution in [-0.2, 0) is 0 Å². The zero-order valence-corrected chi connectivity index (χ0v) is 12.1. The van der Waals surface area contributed by atoms with E-state index in [1.54, 1.807) is 6.20 Å². The van der Waals surface area contributed by atoms with Gasteiger partial charge in [0, 0.05) is 37.8 Å². The highest BCUT2D eigenvalue weighted by Gasteiger charge is 2.18. The lowest BCUT2D eigenvalue weighted by Gasteiger charge is -2.31. The number of hydrogen-bond donors (Lipinski definition) is 1. The number of nitrogens with one attached hydrogen (secondary N) is 1. The van der Waals surface area contributed by atoms with Crippen molar-refractivity contribution in [3.05, 3.63) is 34.5 Å². The Bertz CT molecular complexity index is 618. The molecule has 4 heteroatoms. The van der Waals surface area contributed by atoms with Gasteiger partial charge in [-0.05, 0) is 25.5 Å². The first-order chi connectivity index (χ1) is 9.16. The summed E-state index contributed by atoms with van der Waals surface area (Å²) in [5, 5.41) is 5.30. The molecule has 0 spiro atoms. The van der Waals surface area contributed by atoms with Crippen molar-refractivity contribution in [2.75, 3.05) is 31.1 Å². The van der Waals surface area contributed by atoms with E-state index >= 15 is 0 Å². The summed E-state index contributed by atoms with van der Waals surface area (Å²) < 4.78 is 0. The van der Waals surface area contributed by atoms with Crippen LogP contribution in [0.1, 0.15) is 11.1 Å². The van der Waals surface area contributed by atoms with E-state index in [9.17, 15) is 0 Å². The first kappa shape index (κ1) is 12.7. The van der Waals surface area contributed by atoms with Crippen molar-refractivity contribution in [2.24, 2.45) is 0 Å². The van der Waals surface area contributed by atoms with Crippen LogP contribution in [-0.4, -0.2) is 31.2 Å². The van der Waals surface area contributed by atoms with Crippen molar-refractivity contribution >= 4 is 28.2 Å². The summed E-state index contributed by atoms with van der Waals surface area (Å²) in [6.07, 6.45) is 1.78. The minimum Gasteiger partial charge on any atom is -0.367 e. The molecule has 1 aromatic heterocycles. The summed E-state index contributed by atoms with van der Waals surface area (Å²) in [5.74, 6) is 0. The van der Waals surface area contributed by atoms with Gasteiger partial charge >= 0.3 is 0 Å². The van der Waals surface area contributed by atoms with Gasteiger partial charge in [-0.15, -0.1) is 0 Å². The second kappa shape index (κ2) is 4.99. The number of fused-ring (bicyclic) bond motifs is 1. The molecule has 0 unspecified atom stereocenters. The Morgan fingerprint density at radius 2 is 1.95 bits per heavy atom. The Morgan fingerprint density at radius 1 is 1.21 bits per heavy atom. The van der Waals surface area contributed by atoms with Gasteiger partial charge < -0.3 is 10.2 Å². The SMILES string of the molecule is Cc1cc(C)c2ncc(Cl)c(N3CCNCC3)c2c1. The maximum Gasteiger partial charge on any atom is 0.0829 e. The number of rotatable bonds is 1. The van der Waals surface area contributed by atoms with Gasteiger partial charge in [0.1, 0.15) is 0 Å². The van der Waals surface area contributed by atoms with Gasteiger partial charge in [0.15, 0.2) is 0 Å². The molecule has 2 heterocycles. The number of pyridine rings is 1. The smallest absolute Gasteiger partial charge is 0.0829 e. The molecule has 1 N–H and O–H groups in total. The summed E-state index contributed by atoms with van der Waals surface area (Å²) in [7, 11) is 0. The predicted octanol–water partition coefficient (Wildman–Crippen LogP) is 2.91. The minimum absolute atomic E-state index is 0.749. The molecule has 19 heavy (non-hydrogen) atoms. The Hall–Kier alpha value is -1.32. The van der Waals surface area contributed by atoms with E-state index in [1.807, 2.05) is 0 Å². The molecule has 3 nitrogen and oxygen atoms in total. The molecule has 0 atom stereocenters. The lowest BCUT2D eigenvalue weighted by molar-refractivity contribution is 0.590. The average molecular weight is 276 g/mol. The molecule has 0 saturated carbocycles. The molecule has 1 fully saturated rings. The summed E-state index contributed by atoms with van der Waals surface area (Å²) in [4.78, 5) is 6.87. The van der Waals surface area contributed by atoms with Gasteiger partial charge in [-0.25, -0.2) is 0 Å². The van der Waals surface area contributed by atoms with E-state index in [4.69, 9.17) is 11.6 Å². The molecular weight excluding hydrogens is 258 g/mol. The third-order valence-electron chi connectivity index (χ3n) is 3.67. The quantitative estimate of drug-likeness (QED) is 0.867. The highest BCUT2D eigenvalue weighted by Crippen LogP contribution is 2.35. The van der Waals surface area contributed by atoms with Gasteiger partial charge in [0.2, 0.25) is 0 Å². The first-order valence-corrected chi connectivity index (χ1v) is 7.06. The molecule has 0 radical (unpaired) electrons. The fraction of sp³-hybridized carbons (Fsp3) is 0.400. The maximum atomic E-state index is 6.42. The molecule has 1 aliphatic rings. The second-order valence-corrected chi connectivity index (χ2v) is 5.58. The van der Waals surface area contributed by atoms with Crippen LogP contribution in [0, 0.1) is 13.8 Å². The van der Waals surface area contributed by atoms with Crippen LogP contribution in [0.3, 0.4) is 0 Å². The molecule has 2 aromatic rings. The third-order valence-corrected chi connectivity index (χ3v) is 3.94. The van der Waals surface area contributed by atoms with Crippen LogP contribution in [0.15, 0.2) is 18.3 Å². The Balaban J connectivity index is 2.23. The lowest BCUT2D eigenvalue weighted by Crippen LogP contribution is -2.43. The summed E-state index contributed by atoms with van der Waals surface area (Å²) >= 11 is 6.42. The van der Waals surface area contributed by atoms with Crippen LogP contribution >= 0.6 is 11.6 Å². The Labute approximate surface area is 118 Å². The topological polar surface area (TPSA) is 28.2 Å². The van der Waals surface area contributed by atoms with E-state index < -0.39 is 0 Å². The highest BCUT2D eigenvalue weighted by molar-refractivity contribution is 6.34. The zero-order chi connectivity index (χ0) is 13.4.